The summed E-state index contributed by atoms with van der Waals surface area (Å²) in [4.78, 5) is 14.3. The van der Waals surface area contributed by atoms with Crippen molar-refractivity contribution in [2.24, 2.45) is 0 Å². The van der Waals surface area contributed by atoms with Crippen molar-refractivity contribution in [1.29, 1.82) is 0 Å². The number of aromatic nitrogens is 2. The Bertz CT molecular complexity index is 1230. The lowest BCUT2D eigenvalue weighted by Crippen LogP contribution is -2.48. The highest BCUT2D eigenvalue weighted by molar-refractivity contribution is 7.92. The van der Waals surface area contributed by atoms with Crippen LogP contribution in [0.25, 0.3) is 16.3 Å². The van der Waals surface area contributed by atoms with Crippen LogP contribution < -0.4 is 4.90 Å². The lowest BCUT2D eigenvalue weighted by molar-refractivity contribution is 0.389. The molecule has 6 nitrogen and oxygen atoms in total. The minimum atomic E-state index is -3.45. The Balaban J connectivity index is 1.37. The zero-order valence-corrected chi connectivity index (χ0v) is 19.3. The number of sulfonamides is 1. The van der Waals surface area contributed by atoms with Crippen LogP contribution in [0, 0.1) is 6.92 Å². The predicted molar refractivity (Wildman–Crippen MR) is 127 cm³/mol. The van der Waals surface area contributed by atoms with Crippen molar-refractivity contribution in [1.82, 2.24) is 14.3 Å². The van der Waals surface area contributed by atoms with Gasteiger partial charge in [-0.15, -0.1) is 11.3 Å². The second-order valence-electron chi connectivity index (χ2n) is 8.13. The first-order valence-corrected chi connectivity index (χ1v) is 13.1. The highest BCUT2D eigenvalue weighted by Gasteiger charge is 2.29. The van der Waals surface area contributed by atoms with Crippen LogP contribution in [0.5, 0.6) is 0 Å². The summed E-state index contributed by atoms with van der Waals surface area (Å²) in [6, 6.07) is 9.52. The van der Waals surface area contributed by atoms with Gasteiger partial charge in [-0.25, -0.2) is 18.4 Å². The number of aryl methyl sites for hydroxylation is 3. The molecule has 162 valence electrons. The van der Waals surface area contributed by atoms with Crippen LogP contribution in [0.3, 0.4) is 0 Å². The first-order valence-electron chi connectivity index (χ1n) is 10.8. The molecular formula is C23H26N4O2S2. The van der Waals surface area contributed by atoms with Crippen LogP contribution in [-0.4, -0.2) is 48.9 Å². The Hall–Kier alpha value is -2.29. The van der Waals surface area contributed by atoms with E-state index in [2.05, 4.69) is 4.90 Å². The number of fused-ring (bicyclic) bond motifs is 3. The third-order valence-corrected chi connectivity index (χ3v) is 8.79. The first-order chi connectivity index (χ1) is 15.0. The van der Waals surface area contributed by atoms with Gasteiger partial charge in [0.1, 0.15) is 16.5 Å². The molecule has 0 atom stereocenters. The third kappa shape index (κ3) is 4.12. The fourth-order valence-corrected chi connectivity index (χ4v) is 6.91. The zero-order chi connectivity index (χ0) is 21.4. The fourth-order valence-electron chi connectivity index (χ4n) is 4.44. The van der Waals surface area contributed by atoms with Gasteiger partial charge in [-0.2, -0.15) is 4.31 Å². The molecule has 0 amide bonds. The van der Waals surface area contributed by atoms with Crippen molar-refractivity contribution >= 4 is 43.5 Å². The maximum atomic E-state index is 12.8. The van der Waals surface area contributed by atoms with Gasteiger partial charge in [0.05, 0.1) is 5.39 Å². The number of piperazine rings is 1. The molecule has 8 heteroatoms. The number of rotatable bonds is 4. The van der Waals surface area contributed by atoms with Gasteiger partial charge in [0.15, 0.2) is 0 Å². The van der Waals surface area contributed by atoms with Crippen LogP contribution in [0.2, 0.25) is 0 Å². The SMILES string of the molecule is Cc1nc(N2CCN(S(=O)(=O)/C=C/c3ccccc3)CC2)c2c3c(sc2n1)CCCC3. The normalized spacial score (nSPS) is 18.0. The van der Waals surface area contributed by atoms with E-state index in [1.807, 2.05) is 48.6 Å². The summed E-state index contributed by atoms with van der Waals surface area (Å²) in [6.07, 6.45) is 6.35. The Kier molecular flexibility index (Phi) is 5.54. The van der Waals surface area contributed by atoms with Gasteiger partial charge in [-0.3, -0.25) is 0 Å². The average Bonchev–Trinajstić information content (AvgIpc) is 3.16. The largest absolute Gasteiger partial charge is 0.353 e. The molecule has 2 aromatic heterocycles. The second kappa shape index (κ2) is 8.33. The Morgan fingerprint density at radius 2 is 1.74 bits per heavy atom. The molecule has 0 unspecified atom stereocenters. The predicted octanol–water partition coefficient (Wildman–Crippen LogP) is 4.00. The van der Waals surface area contributed by atoms with Gasteiger partial charge >= 0.3 is 0 Å². The summed E-state index contributed by atoms with van der Waals surface area (Å²) < 4.78 is 27.2. The zero-order valence-electron chi connectivity index (χ0n) is 17.6. The minimum Gasteiger partial charge on any atom is -0.353 e. The lowest BCUT2D eigenvalue weighted by atomic mass is 9.97. The molecule has 1 fully saturated rings. The quantitative estimate of drug-likeness (QED) is 0.596. The van der Waals surface area contributed by atoms with Gasteiger partial charge < -0.3 is 4.90 Å². The van der Waals surface area contributed by atoms with Gasteiger partial charge in [0, 0.05) is 36.5 Å². The summed E-state index contributed by atoms with van der Waals surface area (Å²) in [7, 11) is -3.45. The Morgan fingerprint density at radius 1 is 1.00 bits per heavy atom. The standard InChI is InChI=1S/C23H26N4O2S2/c1-17-24-22(21-19-9-5-6-10-20(19)30-23(21)25-17)26-12-14-27(15-13-26)31(28,29)16-11-18-7-3-2-4-8-18/h2-4,7-8,11,16H,5-6,9-10,12-15H2,1H3/b16-11+. The van der Waals surface area contributed by atoms with Crippen LogP contribution in [0.4, 0.5) is 5.82 Å². The summed E-state index contributed by atoms with van der Waals surface area (Å²) in [6.45, 7) is 4.12. The summed E-state index contributed by atoms with van der Waals surface area (Å²) >= 11 is 1.81. The molecule has 1 saturated heterocycles. The van der Waals surface area contributed by atoms with Gasteiger partial charge in [0.2, 0.25) is 10.0 Å². The maximum Gasteiger partial charge on any atom is 0.236 e. The van der Waals surface area contributed by atoms with Crippen molar-refractivity contribution in [3.8, 4) is 0 Å². The topological polar surface area (TPSA) is 66.4 Å². The Labute approximate surface area is 187 Å². The maximum absolute atomic E-state index is 12.8. The van der Waals surface area contributed by atoms with E-state index < -0.39 is 10.0 Å². The van der Waals surface area contributed by atoms with Gasteiger partial charge in [0.25, 0.3) is 0 Å². The molecule has 0 spiro atoms. The summed E-state index contributed by atoms with van der Waals surface area (Å²) in [5.74, 6) is 1.76. The van der Waals surface area contributed by atoms with E-state index in [0.717, 1.165) is 34.9 Å². The molecule has 31 heavy (non-hydrogen) atoms. The molecule has 5 rings (SSSR count). The molecule has 0 N–H and O–H groups in total. The molecule has 0 radical (unpaired) electrons. The van der Waals surface area contributed by atoms with Gasteiger partial charge in [-0.1, -0.05) is 30.3 Å². The van der Waals surface area contributed by atoms with Crippen molar-refractivity contribution < 1.29 is 8.42 Å². The minimum absolute atomic E-state index is 0.457. The van der Waals surface area contributed by atoms with E-state index in [-0.39, 0.29) is 0 Å². The van der Waals surface area contributed by atoms with Crippen LogP contribution in [-0.2, 0) is 22.9 Å². The molecule has 3 heterocycles. The number of anilines is 1. The highest BCUT2D eigenvalue weighted by atomic mass is 32.2. The van der Waals surface area contributed by atoms with E-state index in [9.17, 15) is 8.42 Å². The number of hydrogen-bond donors (Lipinski definition) is 0. The van der Waals surface area contributed by atoms with Gasteiger partial charge in [-0.05, 0) is 49.8 Å². The van der Waals surface area contributed by atoms with E-state index >= 15 is 0 Å². The average molecular weight is 455 g/mol. The van der Waals surface area contributed by atoms with E-state index in [4.69, 9.17) is 9.97 Å². The molecule has 3 aromatic rings. The number of benzene rings is 1. The Morgan fingerprint density at radius 3 is 2.52 bits per heavy atom. The molecule has 0 saturated carbocycles. The number of nitrogens with zero attached hydrogens (tertiary/aromatic N) is 4. The number of hydrogen-bond acceptors (Lipinski definition) is 6. The summed E-state index contributed by atoms with van der Waals surface area (Å²) in [5, 5.41) is 2.52. The molecule has 1 aromatic carbocycles. The third-order valence-electron chi connectivity index (χ3n) is 6.04. The van der Waals surface area contributed by atoms with Crippen molar-refractivity contribution in [2.75, 3.05) is 31.1 Å². The van der Waals surface area contributed by atoms with E-state index in [1.165, 1.54) is 34.1 Å². The number of thiophene rings is 1. The van der Waals surface area contributed by atoms with E-state index in [1.54, 1.807) is 10.4 Å². The van der Waals surface area contributed by atoms with Crippen molar-refractivity contribution in [3.63, 3.8) is 0 Å². The van der Waals surface area contributed by atoms with E-state index in [0.29, 0.717) is 26.2 Å². The lowest BCUT2D eigenvalue weighted by Gasteiger charge is -2.34. The van der Waals surface area contributed by atoms with Crippen molar-refractivity contribution in [2.45, 2.75) is 32.6 Å². The molecule has 2 aliphatic rings. The highest BCUT2D eigenvalue weighted by Crippen LogP contribution is 2.40. The van der Waals surface area contributed by atoms with Crippen molar-refractivity contribution in [3.05, 3.63) is 57.6 Å². The molecule has 1 aliphatic carbocycles. The molecule has 0 bridgehead atoms. The van der Waals surface area contributed by atoms with Crippen LogP contribution in [0.1, 0.15) is 34.7 Å². The molecule has 1 aliphatic heterocycles. The van der Waals surface area contributed by atoms with Crippen LogP contribution >= 0.6 is 11.3 Å². The van der Waals surface area contributed by atoms with Crippen LogP contribution in [0.15, 0.2) is 35.7 Å². The fraction of sp³-hybridized carbons (Fsp3) is 0.391. The first kappa shape index (κ1) is 20.6. The smallest absolute Gasteiger partial charge is 0.236 e. The summed E-state index contributed by atoms with van der Waals surface area (Å²) in [5.41, 5.74) is 2.30. The second-order valence-corrected chi connectivity index (χ2v) is 11.0. The monoisotopic (exact) mass is 454 g/mol. The molecular weight excluding hydrogens is 428 g/mol.